The molecule has 2 bridgehead atoms. The summed E-state index contributed by atoms with van der Waals surface area (Å²) in [5.74, 6) is -1.03. The van der Waals surface area contributed by atoms with Gasteiger partial charge in [-0.1, -0.05) is 36.7 Å². The molecule has 15 heavy (non-hydrogen) atoms. The van der Waals surface area contributed by atoms with Crippen LogP contribution in [0.15, 0.2) is 0 Å². The number of fused-ring (bicyclic) bond motifs is 2. The van der Waals surface area contributed by atoms with E-state index in [9.17, 15) is 0 Å². The van der Waals surface area contributed by atoms with Crippen LogP contribution in [0.1, 0.15) is 33.6 Å². The number of hydrogen-bond acceptors (Lipinski definition) is 4. The molecule has 4 nitrogen and oxygen atoms in total. The van der Waals surface area contributed by atoms with Gasteiger partial charge in [0.15, 0.2) is 0 Å². The van der Waals surface area contributed by atoms with Crippen molar-refractivity contribution in [1.29, 1.82) is 0 Å². The Morgan fingerprint density at radius 1 is 1.20 bits per heavy atom. The second-order valence-corrected chi connectivity index (χ2v) is 6.44. The van der Waals surface area contributed by atoms with E-state index in [0.29, 0.717) is 5.92 Å². The summed E-state index contributed by atoms with van der Waals surface area (Å²) >= 11 is 3.48. The first-order valence-corrected chi connectivity index (χ1v) is 6.08. The van der Waals surface area contributed by atoms with Gasteiger partial charge in [0.25, 0.3) is 5.79 Å². The van der Waals surface area contributed by atoms with Gasteiger partial charge in [0, 0.05) is 5.41 Å². The Balaban J connectivity index is 2.53. The Labute approximate surface area is 97.6 Å². The van der Waals surface area contributed by atoms with E-state index < -0.39 is 11.2 Å². The lowest BCUT2D eigenvalue weighted by atomic mass is 9.68. The molecule has 0 aliphatic heterocycles. The summed E-state index contributed by atoms with van der Waals surface area (Å²) in [4.78, 5) is 8.83. The maximum absolute atomic E-state index is 9.09. The Morgan fingerprint density at radius 2 is 1.73 bits per heavy atom. The van der Waals surface area contributed by atoms with Gasteiger partial charge in [-0.15, -0.1) is 0 Å². The SMILES string of the molecule is CC1(C)C2CCC1(C)C(OO)(OO)C2Br. The molecular weight excluding hydrogens is 264 g/mol. The summed E-state index contributed by atoms with van der Waals surface area (Å²) in [5, 5.41) is 18.2. The quantitative estimate of drug-likeness (QED) is 0.353. The molecule has 2 rings (SSSR count). The van der Waals surface area contributed by atoms with Gasteiger partial charge in [0.05, 0.1) is 4.83 Å². The molecule has 3 unspecified atom stereocenters. The molecule has 2 aliphatic carbocycles. The predicted molar refractivity (Wildman–Crippen MR) is 57.5 cm³/mol. The van der Waals surface area contributed by atoms with Crippen molar-refractivity contribution in [2.45, 2.75) is 44.2 Å². The first kappa shape index (κ1) is 11.8. The molecule has 0 aromatic carbocycles. The third-order valence-corrected chi connectivity index (χ3v) is 6.30. The number of hydrogen-bond donors (Lipinski definition) is 2. The highest BCUT2D eigenvalue weighted by Gasteiger charge is 2.76. The van der Waals surface area contributed by atoms with E-state index in [1.54, 1.807) is 0 Å². The zero-order valence-electron chi connectivity index (χ0n) is 9.16. The summed E-state index contributed by atoms with van der Waals surface area (Å²) in [7, 11) is 0. The Bertz CT molecular complexity index is 277. The molecule has 2 N–H and O–H groups in total. The summed E-state index contributed by atoms with van der Waals surface area (Å²) < 4.78 is 0. The number of halogens is 1. The molecule has 0 radical (unpaired) electrons. The van der Waals surface area contributed by atoms with Crippen molar-refractivity contribution in [3.63, 3.8) is 0 Å². The van der Waals surface area contributed by atoms with E-state index in [1.807, 2.05) is 6.92 Å². The lowest BCUT2D eigenvalue weighted by Crippen LogP contribution is -2.54. The van der Waals surface area contributed by atoms with Crippen LogP contribution in [-0.2, 0) is 9.78 Å². The molecule has 0 saturated heterocycles. The van der Waals surface area contributed by atoms with Crippen molar-refractivity contribution in [3.8, 4) is 0 Å². The normalized spacial score (nSPS) is 46.0. The highest BCUT2D eigenvalue weighted by Crippen LogP contribution is 2.72. The minimum atomic E-state index is -1.35. The molecule has 3 atom stereocenters. The van der Waals surface area contributed by atoms with Crippen molar-refractivity contribution < 1.29 is 20.3 Å². The molecule has 0 aromatic heterocycles. The third-order valence-electron chi connectivity index (χ3n) is 5.06. The lowest BCUT2D eigenvalue weighted by Gasteiger charge is -2.44. The highest BCUT2D eigenvalue weighted by atomic mass is 79.9. The topological polar surface area (TPSA) is 58.9 Å². The molecular formula is C10H17BrO4. The maximum atomic E-state index is 9.09. The Morgan fingerprint density at radius 3 is 2.00 bits per heavy atom. The predicted octanol–water partition coefficient (Wildman–Crippen LogP) is 2.88. The zero-order valence-corrected chi connectivity index (χ0v) is 10.7. The molecule has 0 heterocycles. The smallest absolute Gasteiger partial charge is 0.249 e. The first-order valence-electron chi connectivity index (χ1n) is 5.16. The van der Waals surface area contributed by atoms with Crippen molar-refractivity contribution in [2.24, 2.45) is 16.7 Å². The molecule has 2 saturated carbocycles. The fourth-order valence-corrected chi connectivity index (χ4v) is 5.16. The second kappa shape index (κ2) is 3.17. The summed E-state index contributed by atoms with van der Waals surface area (Å²) in [6.45, 7) is 6.23. The maximum Gasteiger partial charge on any atom is 0.251 e. The van der Waals surface area contributed by atoms with E-state index in [1.165, 1.54) is 0 Å². The van der Waals surface area contributed by atoms with E-state index in [2.05, 4.69) is 39.6 Å². The molecule has 0 spiro atoms. The van der Waals surface area contributed by atoms with E-state index >= 15 is 0 Å². The average Bonchev–Trinajstić information content (AvgIpc) is 2.47. The zero-order chi connectivity index (χ0) is 11.5. The van der Waals surface area contributed by atoms with Crippen LogP contribution in [0.3, 0.4) is 0 Å². The van der Waals surface area contributed by atoms with Crippen LogP contribution in [0.25, 0.3) is 0 Å². The standard InChI is InChI=1S/C10H17BrO4/c1-8(2)6-4-5-9(8,3)10(14-12,15-13)7(6)11/h6-7,12-13H,4-5H2,1-3H3. The molecule has 2 aliphatic rings. The third kappa shape index (κ3) is 1.01. The van der Waals surface area contributed by atoms with Crippen molar-refractivity contribution in [3.05, 3.63) is 0 Å². The second-order valence-electron chi connectivity index (χ2n) is 5.45. The minimum absolute atomic E-state index is 0.0490. The lowest BCUT2D eigenvalue weighted by molar-refractivity contribution is -0.511. The summed E-state index contributed by atoms with van der Waals surface area (Å²) in [6, 6.07) is 0. The van der Waals surface area contributed by atoms with Crippen LogP contribution < -0.4 is 0 Å². The van der Waals surface area contributed by atoms with Gasteiger partial charge in [0.1, 0.15) is 0 Å². The summed E-state index contributed by atoms with van der Waals surface area (Å²) in [5.41, 5.74) is -0.449. The fourth-order valence-electron chi connectivity index (χ4n) is 3.56. The molecule has 0 amide bonds. The number of alkyl halides is 1. The summed E-state index contributed by atoms with van der Waals surface area (Å²) in [6.07, 6.45) is 1.92. The van der Waals surface area contributed by atoms with Crippen LogP contribution in [0.4, 0.5) is 0 Å². The average molecular weight is 281 g/mol. The van der Waals surface area contributed by atoms with Crippen molar-refractivity contribution >= 4 is 15.9 Å². The van der Waals surface area contributed by atoms with Crippen LogP contribution in [0.5, 0.6) is 0 Å². The van der Waals surface area contributed by atoms with Gasteiger partial charge < -0.3 is 0 Å². The molecule has 5 heteroatoms. The highest BCUT2D eigenvalue weighted by molar-refractivity contribution is 9.09. The van der Waals surface area contributed by atoms with Crippen LogP contribution >= 0.6 is 15.9 Å². The molecule has 0 aromatic rings. The van der Waals surface area contributed by atoms with Crippen molar-refractivity contribution in [2.75, 3.05) is 0 Å². The van der Waals surface area contributed by atoms with E-state index in [0.717, 1.165) is 12.8 Å². The van der Waals surface area contributed by atoms with Crippen molar-refractivity contribution in [1.82, 2.24) is 0 Å². The number of rotatable bonds is 2. The van der Waals surface area contributed by atoms with Crippen LogP contribution in [0, 0.1) is 16.7 Å². The van der Waals surface area contributed by atoms with Gasteiger partial charge in [0.2, 0.25) is 0 Å². The van der Waals surface area contributed by atoms with Gasteiger partial charge in [-0.25, -0.2) is 10.5 Å². The monoisotopic (exact) mass is 280 g/mol. The Hall–Kier alpha value is 0.320. The van der Waals surface area contributed by atoms with Gasteiger partial charge in [-0.3, -0.25) is 0 Å². The van der Waals surface area contributed by atoms with Gasteiger partial charge in [-0.2, -0.15) is 9.78 Å². The van der Waals surface area contributed by atoms with Crippen LogP contribution in [0.2, 0.25) is 0 Å². The first-order chi connectivity index (χ1) is 6.87. The largest absolute Gasteiger partial charge is 0.251 e. The fraction of sp³-hybridized carbons (Fsp3) is 1.00. The van der Waals surface area contributed by atoms with E-state index in [-0.39, 0.29) is 10.2 Å². The molecule has 88 valence electrons. The van der Waals surface area contributed by atoms with Gasteiger partial charge in [-0.05, 0) is 24.2 Å². The van der Waals surface area contributed by atoms with E-state index in [4.69, 9.17) is 10.5 Å². The Kier molecular flexibility index (Phi) is 2.49. The van der Waals surface area contributed by atoms with Crippen LogP contribution in [-0.4, -0.2) is 21.1 Å². The molecule has 2 fully saturated rings. The minimum Gasteiger partial charge on any atom is -0.249 e. The van der Waals surface area contributed by atoms with Gasteiger partial charge >= 0.3 is 0 Å².